The van der Waals surface area contributed by atoms with Gasteiger partial charge in [-0.2, -0.15) is 0 Å². The number of carbonyl (C=O) groups is 1. The van der Waals surface area contributed by atoms with E-state index in [9.17, 15) is 18.3 Å². The van der Waals surface area contributed by atoms with Crippen LogP contribution in [0.5, 0.6) is 5.75 Å². The molecule has 0 heterocycles. The van der Waals surface area contributed by atoms with Gasteiger partial charge in [0.15, 0.2) is 0 Å². The zero-order valence-electron chi connectivity index (χ0n) is 17.3. The summed E-state index contributed by atoms with van der Waals surface area (Å²) in [6, 6.07) is 12.1. The normalized spacial score (nSPS) is 13.5. The fourth-order valence-electron chi connectivity index (χ4n) is 2.87. The van der Waals surface area contributed by atoms with Crippen LogP contribution in [0, 0.1) is 6.92 Å². The summed E-state index contributed by atoms with van der Waals surface area (Å²) >= 11 is 0. The van der Waals surface area contributed by atoms with Crippen LogP contribution in [0.1, 0.15) is 18.9 Å². The molecule has 0 saturated carbocycles. The smallest absolute Gasteiger partial charge is 0.320 e. The van der Waals surface area contributed by atoms with Crippen molar-refractivity contribution in [1.29, 1.82) is 0 Å². The second-order valence-electron chi connectivity index (χ2n) is 6.91. The van der Waals surface area contributed by atoms with Gasteiger partial charge in [0.05, 0.1) is 30.3 Å². The zero-order chi connectivity index (χ0) is 22.3. The second kappa shape index (κ2) is 10.4. The highest BCUT2D eigenvalue weighted by Gasteiger charge is 2.28. The summed E-state index contributed by atoms with van der Waals surface area (Å²) in [5, 5.41) is 22.4. The molecule has 0 bridgehead atoms. The number of rotatable bonds is 11. The Balaban J connectivity index is 2.31. The predicted octanol–water partition coefficient (Wildman–Crippen LogP) is 2.01. The number of sulfonamides is 1. The van der Waals surface area contributed by atoms with Gasteiger partial charge in [-0.15, -0.1) is 0 Å². The summed E-state index contributed by atoms with van der Waals surface area (Å²) in [6.07, 6.45) is -0.785. The zero-order valence-corrected chi connectivity index (χ0v) is 18.1. The van der Waals surface area contributed by atoms with Crippen LogP contribution in [-0.4, -0.2) is 56.9 Å². The maximum absolute atomic E-state index is 13.3. The maximum Gasteiger partial charge on any atom is 0.320 e. The van der Waals surface area contributed by atoms with E-state index >= 15 is 0 Å². The lowest BCUT2D eigenvalue weighted by molar-refractivity contribution is -0.139. The van der Waals surface area contributed by atoms with Crippen LogP contribution >= 0.6 is 0 Å². The predicted molar refractivity (Wildman–Crippen MR) is 114 cm³/mol. The Morgan fingerprint density at radius 1 is 1.13 bits per heavy atom. The molecule has 0 unspecified atom stereocenters. The summed E-state index contributed by atoms with van der Waals surface area (Å²) in [5.41, 5.74) is 1.29. The van der Waals surface area contributed by atoms with Crippen molar-refractivity contribution in [3.63, 3.8) is 0 Å². The standard InChI is InChI=1S/C21H28N2O6S/c1-4-20(21(25)26)22-13-17(24)14-23(16-7-9-18(29-3)10-8-16)30(27,28)19-11-5-15(2)6-12-19/h5-12,17,20,22,24H,4,13-14H2,1-3H3,(H,25,26)/t17-,20+/m0/s1. The number of carboxylic acid groups (broad SMARTS) is 1. The molecular formula is C21H28N2O6S. The van der Waals surface area contributed by atoms with Crippen molar-refractivity contribution in [3.8, 4) is 5.75 Å². The lowest BCUT2D eigenvalue weighted by atomic mass is 10.2. The maximum atomic E-state index is 13.3. The van der Waals surface area contributed by atoms with Gasteiger partial charge in [0.2, 0.25) is 0 Å². The van der Waals surface area contributed by atoms with E-state index in [0.717, 1.165) is 9.87 Å². The van der Waals surface area contributed by atoms with Gasteiger partial charge in [0.1, 0.15) is 11.8 Å². The number of benzene rings is 2. The van der Waals surface area contributed by atoms with E-state index in [1.807, 2.05) is 6.92 Å². The van der Waals surface area contributed by atoms with Crippen LogP contribution in [-0.2, 0) is 14.8 Å². The number of hydrogen-bond donors (Lipinski definition) is 3. The number of aliphatic carboxylic acids is 1. The van der Waals surface area contributed by atoms with Crippen molar-refractivity contribution in [2.45, 2.75) is 37.3 Å². The number of carboxylic acids is 1. The van der Waals surface area contributed by atoms with Crippen LogP contribution in [0.4, 0.5) is 5.69 Å². The van der Waals surface area contributed by atoms with Crippen molar-refractivity contribution in [2.24, 2.45) is 0 Å². The molecule has 2 rings (SSSR count). The number of hydrogen-bond acceptors (Lipinski definition) is 6. The van der Waals surface area contributed by atoms with E-state index in [-0.39, 0.29) is 18.0 Å². The van der Waals surface area contributed by atoms with Gasteiger partial charge in [-0.05, 0) is 49.7 Å². The Morgan fingerprint density at radius 3 is 2.23 bits per heavy atom. The van der Waals surface area contributed by atoms with E-state index in [1.54, 1.807) is 43.3 Å². The largest absolute Gasteiger partial charge is 0.497 e. The first-order valence-corrected chi connectivity index (χ1v) is 11.0. The van der Waals surface area contributed by atoms with E-state index < -0.39 is 28.1 Å². The van der Waals surface area contributed by atoms with E-state index in [1.165, 1.54) is 19.2 Å². The highest BCUT2D eigenvalue weighted by molar-refractivity contribution is 7.92. The first kappa shape index (κ1) is 23.7. The fraction of sp³-hybridized carbons (Fsp3) is 0.381. The summed E-state index contributed by atoms with van der Waals surface area (Å²) in [5.74, 6) is -0.454. The van der Waals surface area contributed by atoms with Crippen molar-refractivity contribution in [2.75, 3.05) is 24.5 Å². The van der Waals surface area contributed by atoms with Crippen LogP contribution in [0.3, 0.4) is 0 Å². The topological polar surface area (TPSA) is 116 Å². The molecule has 0 saturated heterocycles. The molecule has 0 spiro atoms. The number of aliphatic hydroxyl groups excluding tert-OH is 1. The monoisotopic (exact) mass is 436 g/mol. The number of ether oxygens (including phenoxy) is 1. The third-order valence-electron chi connectivity index (χ3n) is 4.65. The molecule has 0 amide bonds. The first-order chi connectivity index (χ1) is 14.2. The van der Waals surface area contributed by atoms with Crippen molar-refractivity contribution in [3.05, 3.63) is 54.1 Å². The van der Waals surface area contributed by atoms with E-state index in [2.05, 4.69) is 5.32 Å². The van der Waals surface area contributed by atoms with E-state index in [4.69, 9.17) is 9.84 Å². The van der Waals surface area contributed by atoms with Gasteiger partial charge < -0.3 is 20.3 Å². The molecule has 0 aliphatic rings. The molecule has 9 heteroatoms. The highest BCUT2D eigenvalue weighted by Crippen LogP contribution is 2.26. The molecule has 0 fully saturated rings. The highest BCUT2D eigenvalue weighted by atomic mass is 32.2. The molecule has 0 radical (unpaired) electrons. The molecule has 0 aliphatic carbocycles. The Bertz CT molecular complexity index is 929. The third-order valence-corrected chi connectivity index (χ3v) is 6.46. The lowest BCUT2D eigenvalue weighted by Gasteiger charge is -2.27. The quantitative estimate of drug-likeness (QED) is 0.493. The number of aryl methyl sites for hydroxylation is 1. The van der Waals surface area contributed by atoms with Crippen LogP contribution in [0.25, 0.3) is 0 Å². The minimum absolute atomic E-state index is 0.0686. The molecule has 2 atom stereocenters. The molecule has 164 valence electrons. The average molecular weight is 437 g/mol. The van der Waals surface area contributed by atoms with Gasteiger partial charge in [-0.3, -0.25) is 9.10 Å². The summed E-state index contributed by atoms with van der Waals surface area (Å²) in [4.78, 5) is 11.3. The van der Waals surface area contributed by atoms with Gasteiger partial charge in [-0.1, -0.05) is 24.6 Å². The third kappa shape index (κ3) is 5.94. The minimum atomic E-state index is -3.96. The molecule has 2 aromatic carbocycles. The van der Waals surface area contributed by atoms with Crippen molar-refractivity contribution in [1.82, 2.24) is 5.32 Å². The Hall–Kier alpha value is -2.62. The lowest BCUT2D eigenvalue weighted by Crippen LogP contribution is -2.45. The van der Waals surface area contributed by atoms with Crippen LogP contribution in [0.15, 0.2) is 53.4 Å². The average Bonchev–Trinajstić information content (AvgIpc) is 2.72. The van der Waals surface area contributed by atoms with Crippen LogP contribution in [0.2, 0.25) is 0 Å². The Labute approximate surface area is 177 Å². The first-order valence-electron chi connectivity index (χ1n) is 9.56. The van der Waals surface area contributed by atoms with Crippen molar-refractivity contribution < 1.29 is 28.2 Å². The van der Waals surface area contributed by atoms with Crippen LogP contribution < -0.4 is 14.4 Å². The molecule has 3 N–H and O–H groups in total. The van der Waals surface area contributed by atoms with Crippen molar-refractivity contribution >= 4 is 21.7 Å². The van der Waals surface area contributed by atoms with Gasteiger partial charge in [0.25, 0.3) is 10.0 Å². The molecule has 8 nitrogen and oxygen atoms in total. The minimum Gasteiger partial charge on any atom is -0.497 e. The SMILES string of the molecule is CC[C@@H](NC[C@H](O)CN(c1ccc(OC)cc1)S(=O)(=O)c1ccc(C)cc1)C(=O)O. The molecule has 0 aromatic heterocycles. The van der Waals surface area contributed by atoms with E-state index in [0.29, 0.717) is 17.9 Å². The van der Waals surface area contributed by atoms with Gasteiger partial charge >= 0.3 is 5.97 Å². The molecule has 30 heavy (non-hydrogen) atoms. The number of nitrogens with zero attached hydrogens (tertiary/aromatic N) is 1. The number of nitrogens with one attached hydrogen (secondary N) is 1. The Kier molecular flexibility index (Phi) is 8.22. The summed E-state index contributed by atoms with van der Waals surface area (Å²) < 4.78 is 32.9. The summed E-state index contributed by atoms with van der Waals surface area (Å²) in [7, 11) is -2.45. The molecule has 0 aliphatic heterocycles. The second-order valence-corrected chi connectivity index (χ2v) is 8.77. The fourth-order valence-corrected chi connectivity index (χ4v) is 4.37. The molecule has 2 aromatic rings. The van der Waals surface area contributed by atoms with Gasteiger partial charge in [0, 0.05) is 6.54 Å². The Morgan fingerprint density at radius 2 is 1.73 bits per heavy atom. The summed E-state index contributed by atoms with van der Waals surface area (Å²) in [6.45, 7) is 3.26. The number of anilines is 1. The number of methoxy groups -OCH3 is 1. The number of aliphatic hydroxyl groups is 1. The molecular weight excluding hydrogens is 408 g/mol. The van der Waals surface area contributed by atoms with Gasteiger partial charge in [-0.25, -0.2) is 8.42 Å².